The van der Waals surface area contributed by atoms with Crippen LogP contribution in [0.5, 0.6) is 5.75 Å². The van der Waals surface area contributed by atoms with Gasteiger partial charge in [-0.2, -0.15) is 0 Å². The summed E-state index contributed by atoms with van der Waals surface area (Å²) in [6.07, 6.45) is 1.55. The molecule has 1 aromatic heterocycles. The van der Waals surface area contributed by atoms with E-state index >= 15 is 0 Å². The number of amides is 1. The second kappa shape index (κ2) is 9.36. The molecule has 3 rings (SSSR count). The molecule has 0 saturated carbocycles. The minimum Gasteiger partial charge on any atom is -0.496 e. The Morgan fingerprint density at radius 3 is 2.55 bits per heavy atom. The predicted octanol–water partition coefficient (Wildman–Crippen LogP) is 3.55. The van der Waals surface area contributed by atoms with E-state index in [1.54, 1.807) is 43.6 Å². The van der Waals surface area contributed by atoms with Gasteiger partial charge in [0.25, 0.3) is 5.91 Å². The predicted molar refractivity (Wildman–Crippen MR) is 109 cm³/mol. The van der Waals surface area contributed by atoms with Gasteiger partial charge in [-0.15, -0.1) is 0 Å². The fraction of sp³-hybridized carbons (Fsp3) is 0.136. The maximum atomic E-state index is 12.5. The molecule has 0 bridgehead atoms. The van der Waals surface area contributed by atoms with E-state index in [1.807, 2.05) is 30.3 Å². The molecule has 1 heterocycles. The fourth-order valence-corrected chi connectivity index (χ4v) is 2.76. The monoisotopic (exact) mass is 391 g/mol. The number of benzene rings is 2. The molecule has 0 spiro atoms. The summed E-state index contributed by atoms with van der Waals surface area (Å²) in [7, 11) is 2.92. The van der Waals surface area contributed by atoms with Crippen molar-refractivity contribution in [3.05, 3.63) is 83.7 Å². The van der Waals surface area contributed by atoms with Gasteiger partial charge in [0.05, 0.1) is 19.8 Å². The molecule has 0 atom stereocenters. The first-order chi connectivity index (χ1) is 14.1. The normalized spacial score (nSPS) is 10.1. The summed E-state index contributed by atoms with van der Waals surface area (Å²) in [6, 6.07) is 17.8. The van der Waals surface area contributed by atoms with Crippen molar-refractivity contribution >= 4 is 23.3 Å². The number of carbonyl (C=O) groups is 2. The van der Waals surface area contributed by atoms with Crippen molar-refractivity contribution in [3.8, 4) is 5.75 Å². The molecule has 0 aliphatic rings. The second-order valence-corrected chi connectivity index (χ2v) is 6.12. The number of esters is 1. The lowest BCUT2D eigenvalue weighted by Gasteiger charge is -2.11. The van der Waals surface area contributed by atoms with Gasteiger partial charge in [0.15, 0.2) is 0 Å². The van der Waals surface area contributed by atoms with Gasteiger partial charge in [0.2, 0.25) is 0 Å². The zero-order valence-electron chi connectivity index (χ0n) is 16.1. The molecule has 0 radical (unpaired) electrons. The number of rotatable bonds is 7. The molecular weight excluding hydrogens is 370 g/mol. The Labute approximate surface area is 168 Å². The van der Waals surface area contributed by atoms with Crippen LogP contribution in [0.15, 0.2) is 66.9 Å². The quantitative estimate of drug-likeness (QED) is 0.599. The average molecular weight is 391 g/mol. The van der Waals surface area contributed by atoms with E-state index in [-0.39, 0.29) is 11.6 Å². The largest absolute Gasteiger partial charge is 0.496 e. The summed E-state index contributed by atoms with van der Waals surface area (Å²) >= 11 is 0. The Bertz CT molecular complexity index is 1020. The van der Waals surface area contributed by atoms with Crippen LogP contribution < -0.4 is 15.4 Å². The molecule has 0 fully saturated rings. The van der Waals surface area contributed by atoms with Crippen molar-refractivity contribution in [1.82, 2.24) is 10.3 Å². The van der Waals surface area contributed by atoms with Crippen LogP contribution >= 0.6 is 0 Å². The Kier molecular flexibility index (Phi) is 6.42. The standard InChI is InChI=1S/C22H21N3O4/c1-28-20-9-4-3-6-16(20)14-24-21(26)19-13-18(10-11-23-19)25-17-8-5-7-15(12-17)22(27)29-2/h3-13H,14H2,1-2H3,(H,23,25)(H,24,26). The van der Waals surface area contributed by atoms with E-state index in [2.05, 4.69) is 15.6 Å². The maximum absolute atomic E-state index is 12.5. The summed E-state index contributed by atoms with van der Waals surface area (Å²) in [5.41, 5.74) is 2.94. The highest BCUT2D eigenvalue weighted by Crippen LogP contribution is 2.19. The molecule has 0 saturated heterocycles. The summed E-state index contributed by atoms with van der Waals surface area (Å²) in [6.45, 7) is 0.323. The van der Waals surface area contributed by atoms with Crippen LogP contribution in [0.1, 0.15) is 26.4 Å². The molecule has 0 aliphatic heterocycles. The Morgan fingerprint density at radius 1 is 0.966 bits per heavy atom. The SMILES string of the molecule is COC(=O)c1cccc(Nc2ccnc(C(=O)NCc3ccccc3OC)c2)c1. The fourth-order valence-electron chi connectivity index (χ4n) is 2.76. The van der Waals surface area contributed by atoms with Crippen molar-refractivity contribution in [2.75, 3.05) is 19.5 Å². The Hall–Kier alpha value is -3.87. The van der Waals surface area contributed by atoms with Crippen molar-refractivity contribution < 1.29 is 19.1 Å². The maximum Gasteiger partial charge on any atom is 0.337 e. The number of hydrogen-bond donors (Lipinski definition) is 2. The Balaban J connectivity index is 1.69. The summed E-state index contributed by atoms with van der Waals surface area (Å²) in [4.78, 5) is 28.3. The average Bonchev–Trinajstić information content (AvgIpc) is 2.77. The smallest absolute Gasteiger partial charge is 0.337 e. The molecule has 0 unspecified atom stereocenters. The van der Waals surface area contributed by atoms with Crippen molar-refractivity contribution in [2.45, 2.75) is 6.54 Å². The van der Waals surface area contributed by atoms with Gasteiger partial charge >= 0.3 is 5.97 Å². The number of hydrogen-bond acceptors (Lipinski definition) is 6. The molecule has 1 amide bonds. The third kappa shape index (κ3) is 5.10. The van der Waals surface area contributed by atoms with Crippen LogP contribution in [0.25, 0.3) is 0 Å². The molecule has 2 N–H and O–H groups in total. The van der Waals surface area contributed by atoms with Crippen LogP contribution in [0, 0.1) is 0 Å². The van der Waals surface area contributed by atoms with Crippen molar-refractivity contribution in [2.24, 2.45) is 0 Å². The molecule has 7 nitrogen and oxygen atoms in total. The second-order valence-electron chi connectivity index (χ2n) is 6.12. The highest BCUT2D eigenvalue weighted by atomic mass is 16.5. The minimum absolute atomic E-state index is 0.272. The molecule has 29 heavy (non-hydrogen) atoms. The van der Waals surface area contributed by atoms with Gasteiger partial charge in [0, 0.05) is 29.7 Å². The molecular formula is C22H21N3O4. The van der Waals surface area contributed by atoms with Gasteiger partial charge in [-0.05, 0) is 36.4 Å². The lowest BCUT2D eigenvalue weighted by Crippen LogP contribution is -2.24. The highest BCUT2D eigenvalue weighted by molar-refractivity contribution is 5.93. The zero-order valence-corrected chi connectivity index (χ0v) is 16.1. The topological polar surface area (TPSA) is 89.5 Å². The number of nitrogens with zero attached hydrogens (tertiary/aromatic N) is 1. The lowest BCUT2D eigenvalue weighted by atomic mass is 10.2. The highest BCUT2D eigenvalue weighted by Gasteiger charge is 2.10. The number of nitrogens with one attached hydrogen (secondary N) is 2. The third-order valence-corrected chi connectivity index (χ3v) is 4.20. The lowest BCUT2D eigenvalue weighted by molar-refractivity contribution is 0.0600. The molecule has 0 aliphatic carbocycles. The van der Waals surface area contributed by atoms with Crippen LogP contribution in [-0.4, -0.2) is 31.1 Å². The number of pyridine rings is 1. The first-order valence-corrected chi connectivity index (χ1v) is 8.92. The minimum atomic E-state index is -0.417. The van der Waals surface area contributed by atoms with E-state index in [0.717, 1.165) is 5.56 Å². The van der Waals surface area contributed by atoms with Gasteiger partial charge in [0.1, 0.15) is 11.4 Å². The van der Waals surface area contributed by atoms with Gasteiger partial charge in [-0.25, -0.2) is 4.79 Å². The van der Waals surface area contributed by atoms with Crippen LogP contribution in [0.3, 0.4) is 0 Å². The Morgan fingerprint density at radius 2 is 1.76 bits per heavy atom. The number of carbonyl (C=O) groups excluding carboxylic acids is 2. The summed E-state index contributed by atoms with van der Waals surface area (Å²) in [5, 5.41) is 6.01. The number of ether oxygens (including phenoxy) is 2. The van der Waals surface area contributed by atoms with Crippen molar-refractivity contribution in [3.63, 3.8) is 0 Å². The van der Waals surface area contributed by atoms with Crippen LogP contribution in [0.2, 0.25) is 0 Å². The summed E-state index contributed by atoms with van der Waals surface area (Å²) < 4.78 is 10.0. The number of methoxy groups -OCH3 is 2. The molecule has 3 aromatic rings. The van der Waals surface area contributed by atoms with E-state index in [1.165, 1.54) is 7.11 Å². The van der Waals surface area contributed by atoms with Crippen molar-refractivity contribution in [1.29, 1.82) is 0 Å². The van der Waals surface area contributed by atoms with Gasteiger partial charge in [-0.3, -0.25) is 9.78 Å². The van der Waals surface area contributed by atoms with E-state index < -0.39 is 5.97 Å². The van der Waals surface area contributed by atoms with Crippen LogP contribution in [-0.2, 0) is 11.3 Å². The number of para-hydroxylation sites is 1. The van der Waals surface area contributed by atoms with Crippen LogP contribution in [0.4, 0.5) is 11.4 Å². The molecule has 148 valence electrons. The first kappa shape index (κ1) is 19.9. The first-order valence-electron chi connectivity index (χ1n) is 8.92. The number of aromatic nitrogens is 1. The molecule has 2 aromatic carbocycles. The molecule has 7 heteroatoms. The third-order valence-electron chi connectivity index (χ3n) is 4.20. The summed E-state index contributed by atoms with van der Waals surface area (Å²) in [5.74, 6) is -0.00989. The van der Waals surface area contributed by atoms with E-state index in [9.17, 15) is 9.59 Å². The van der Waals surface area contributed by atoms with Gasteiger partial charge in [-0.1, -0.05) is 24.3 Å². The van der Waals surface area contributed by atoms with E-state index in [4.69, 9.17) is 9.47 Å². The number of anilines is 2. The zero-order chi connectivity index (χ0) is 20.6. The van der Waals surface area contributed by atoms with Gasteiger partial charge < -0.3 is 20.1 Å². The van der Waals surface area contributed by atoms with E-state index in [0.29, 0.717) is 29.2 Å².